The van der Waals surface area contributed by atoms with Crippen LogP contribution in [-0.2, 0) is 0 Å². The third-order valence-corrected chi connectivity index (χ3v) is 11.9. The molecule has 0 saturated heterocycles. The van der Waals surface area contributed by atoms with E-state index in [2.05, 4.69) is 11.1 Å². The van der Waals surface area contributed by atoms with Crippen molar-refractivity contribution in [2.75, 3.05) is 0 Å². The highest BCUT2D eigenvalue weighted by Crippen LogP contribution is 2.95. The molecule has 0 amide bonds. The summed E-state index contributed by atoms with van der Waals surface area (Å²) in [5, 5.41) is 0. The third kappa shape index (κ3) is 0.428. The van der Waals surface area contributed by atoms with Crippen LogP contribution in [0.4, 0.5) is 0 Å². The first kappa shape index (κ1) is 8.39. The molecule has 20 heavy (non-hydrogen) atoms. The summed E-state index contributed by atoms with van der Waals surface area (Å²) in [6.07, 6.45) is 3.34. The number of fused-ring (bicyclic) bond motifs is 3. The minimum absolute atomic E-state index is 1.16. The molecule has 10 rings (SSSR count). The monoisotopic (exact) mass is 260 g/mol. The highest BCUT2D eigenvalue weighted by atomic mass is 14.9. The van der Waals surface area contributed by atoms with E-state index in [9.17, 15) is 0 Å². The Kier molecular flexibility index (Phi) is 0.797. The van der Waals surface area contributed by atoms with Crippen LogP contribution in [0.15, 0.2) is 11.1 Å². The zero-order valence-corrected chi connectivity index (χ0v) is 11.7. The molecule has 16 unspecified atom stereocenters. The van der Waals surface area contributed by atoms with Crippen LogP contribution >= 0.6 is 0 Å². The van der Waals surface area contributed by atoms with Gasteiger partial charge in [0, 0.05) is 0 Å². The quantitative estimate of drug-likeness (QED) is 0.587. The van der Waals surface area contributed by atoms with E-state index in [1.54, 1.807) is 12.8 Å². The van der Waals surface area contributed by atoms with E-state index in [4.69, 9.17) is 0 Å². The van der Waals surface area contributed by atoms with Crippen LogP contribution in [0.3, 0.4) is 0 Å². The summed E-state index contributed by atoms with van der Waals surface area (Å²) < 4.78 is 0. The highest BCUT2D eigenvalue weighted by Gasteiger charge is 2.90. The van der Waals surface area contributed by atoms with E-state index >= 15 is 0 Å². The average molecular weight is 260 g/mol. The summed E-state index contributed by atoms with van der Waals surface area (Å²) in [7, 11) is 0. The normalized spacial score (nSPS) is 92.4. The molecule has 100 valence electrons. The van der Waals surface area contributed by atoms with Gasteiger partial charge in [-0.3, -0.25) is 0 Å². The van der Waals surface area contributed by atoms with Crippen LogP contribution in [0.5, 0.6) is 0 Å². The van der Waals surface area contributed by atoms with Crippen molar-refractivity contribution in [1.82, 2.24) is 0 Å². The maximum atomic E-state index is 2.19. The highest BCUT2D eigenvalue weighted by molar-refractivity contribution is 5.52. The lowest BCUT2D eigenvalue weighted by Gasteiger charge is -2.31. The van der Waals surface area contributed by atoms with Crippen LogP contribution in [0, 0.1) is 94.7 Å². The lowest BCUT2D eigenvalue weighted by Crippen LogP contribution is -2.26. The van der Waals surface area contributed by atoms with Gasteiger partial charge in [-0.05, 0) is 108 Å². The molecule has 0 nitrogen and oxygen atoms in total. The van der Waals surface area contributed by atoms with Gasteiger partial charge in [0.2, 0.25) is 0 Å². The zero-order chi connectivity index (χ0) is 11.8. The Labute approximate surface area is 119 Å². The molecule has 0 heteroatoms. The van der Waals surface area contributed by atoms with Crippen LogP contribution in [0.25, 0.3) is 0 Å². The zero-order valence-electron chi connectivity index (χ0n) is 11.7. The number of allylic oxidation sites excluding steroid dienone is 2. The minimum atomic E-state index is 1.16. The van der Waals surface area contributed by atoms with Gasteiger partial charge in [0.05, 0.1) is 0 Å². The first-order valence-electron chi connectivity index (χ1n) is 9.69. The molecule has 0 aliphatic heterocycles. The fourth-order valence-corrected chi connectivity index (χ4v) is 13.3. The summed E-state index contributed by atoms with van der Waals surface area (Å²) in [6.45, 7) is 0. The summed E-state index contributed by atoms with van der Waals surface area (Å²) in [4.78, 5) is 0. The van der Waals surface area contributed by atoms with Gasteiger partial charge in [0.15, 0.2) is 0 Å². The van der Waals surface area contributed by atoms with Gasteiger partial charge in [-0.2, -0.15) is 0 Å². The maximum absolute atomic E-state index is 2.19. The molecule has 10 aliphatic rings. The lowest BCUT2D eigenvalue weighted by molar-refractivity contribution is 0.181. The van der Waals surface area contributed by atoms with Gasteiger partial charge in [-0.15, -0.1) is 0 Å². The molecule has 9 saturated carbocycles. The summed E-state index contributed by atoms with van der Waals surface area (Å²) >= 11 is 0. The van der Waals surface area contributed by atoms with Crippen molar-refractivity contribution in [3.63, 3.8) is 0 Å². The Morgan fingerprint density at radius 3 is 2.35 bits per heavy atom. The van der Waals surface area contributed by atoms with Crippen molar-refractivity contribution in [3.05, 3.63) is 11.1 Å². The number of rotatable bonds is 0. The lowest BCUT2D eigenvalue weighted by atomic mass is 9.74. The second-order valence-electron chi connectivity index (χ2n) is 10.8. The smallest absolute Gasteiger partial charge is 0.0126 e. The average Bonchev–Trinajstić information content (AvgIpc) is 3.11. The molecule has 0 bridgehead atoms. The SMILES string of the molecule is C1C2=C3C4CC5C6C1C1C2C2C3C3C4C5C4C6C1C2C34. The van der Waals surface area contributed by atoms with Crippen molar-refractivity contribution in [2.24, 2.45) is 94.7 Å². The predicted octanol–water partition coefficient (Wildman–Crippen LogP) is 3.06. The second-order valence-corrected chi connectivity index (χ2v) is 10.8. The molecule has 16 atom stereocenters. The van der Waals surface area contributed by atoms with Crippen LogP contribution in [-0.4, -0.2) is 0 Å². The van der Waals surface area contributed by atoms with Crippen molar-refractivity contribution < 1.29 is 0 Å². The molecule has 9 fully saturated rings. The Balaban J connectivity index is 1.55. The Morgan fingerprint density at radius 2 is 1.35 bits per heavy atom. The van der Waals surface area contributed by atoms with E-state index in [1.807, 2.05) is 0 Å². The summed E-state index contributed by atoms with van der Waals surface area (Å²) in [6, 6.07) is 0. The van der Waals surface area contributed by atoms with Crippen LogP contribution < -0.4 is 0 Å². The first-order valence-corrected chi connectivity index (χ1v) is 9.69. The van der Waals surface area contributed by atoms with Gasteiger partial charge >= 0.3 is 0 Å². The Hall–Kier alpha value is -0.260. The molecule has 0 N–H and O–H groups in total. The van der Waals surface area contributed by atoms with Crippen LogP contribution in [0.1, 0.15) is 12.8 Å². The number of hydrogen-bond donors (Lipinski definition) is 0. The molecule has 0 radical (unpaired) electrons. The summed E-state index contributed by atoms with van der Waals surface area (Å²) in [5.74, 6) is 20.0. The van der Waals surface area contributed by atoms with Gasteiger partial charge in [0.1, 0.15) is 0 Å². The van der Waals surface area contributed by atoms with Crippen LogP contribution in [0.2, 0.25) is 0 Å². The Bertz CT molecular complexity index is 707. The largest absolute Gasteiger partial charge is 0.0664 e. The molecular weight excluding hydrogens is 240 g/mol. The van der Waals surface area contributed by atoms with Crippen molar-refractivity contribution in [2.45, 2.75) is 12.8 Å². The molecule has 0 aromatic rings. The van der Waals surface area contributed by atoms with Gasteiger partial charge in [0.25, 0.3) is 0 Å². The molecule has 0 aromatic heterocycles. The molecule has 10 aliphatic carbocycles. The molecular formula is C20H20. The fourth-order valence-electron chi connectivity index (χ4n) is 13.3. The van der Waals surface area contributed by atoms with E-state index < -0.39 is 0 Å². The van der Waals surface area contributed by atoms with E-state index in [1.165, 1.54) is 88.8 Å². The number of hydrogen-bond acceptors (Lipinski definition) is 0. The topological polar surface area (TPSA) is 0 Å². The minimum Gasteiger partial charge on any atom is -0.0664 e. The molecule has 0 aromatic carbocycles. The van der Waals surface area contributed by atoms with Gasteiger partial charge in [-0.25, -0.2) is 0 Å². The molecule has 0 spiro atoms. The van der Waals surface area contributed by atoms with E-state index in [0.717, 1.165) is 5.92 Å². The maximum Gasteiger partial charge on any atom is -0.0126 e. The van der Waals surface area contributed by atoms with Gasteiger partial charge in [-0.1, -0.05) is 11.1 Å². The van der Waals surface area contributed by atoms with Gasteiger partial charge < -0.3 is 0 Å². The van der Waals surface area contributed by atoms with Crippen molar-refractivity contribution in [3.8, 4) is 0 Å². The summed E-state index contributed by atoms with van der Waals surface area (Å²) in [5.41, 5.74) is 4.35. The second kappa shape index (κ2) is 1.90. The molecule has 0 heterocycles. The fraction of sp³-hybridized carbons (Fsp3) is 0.900. The Morgan fingerprint density at radius 1 is 0.550 bits per heavy atom. The first-order chi connectivity index (χ1) is 9.97. The standard InChI is InChI=1S/C20H20/c1-3-7-5-2-6-8-4(1)10-9(3)15-13(7)17-11(5)12(6)18-14(8)16(10)19(15)20(17)18/h3-5,7,9-20H,1-2H2. The van der Waals surface area contributed by atoms with Crippen molar-refractivity contribution >= 4 is 0 Å². The van der Waals surface area contributed by atoms with E-state index in [-0.39, 0.29) is 0 Å². The predicted molar refractivity (Wildman–Crippen MR) is 72.1 cm³/mol. The van der Waals surface area contributed by atoms with Crippen molar-refractivity contribution in [1.29, 1.82) is 0 Å². The third-order valence-electron chi connectivity index (χ3n) is 11.9. The van der Waals surface area contributed by atoms with E-state index in [0.29, 0.717) is 0 Å².